The quantitative estimate of drug-likeness (QED) is 0.839. The summed E-state index contributed by atoms with van der Waals surface area (Å²) >= 11 is 6.20. The number of nitrogens with one attached hydrogen (secondary N) is 1. The van der Waals surface area contributed by atoms with Crippen LogP contribution < -0.4 is 15.0 Å². The van der Waals surface area contributed by atoms with Gasteiger partial charge in [0.1, 0.15) is 11.6 Å². The minimum absolute atomic E-state index is 0.0155. The largest absolute Gasteiger partial charge is 0.496 e. The highest BCUT2D eigenvalue weighted by molar-refractivity contribution is 6.31. The van der Waals surface area contributed by atoms with Gasteiger partial charge in [0.15, 0.2) is 0 Å². The van der Waals surface area contributed by atoms with Crippen LogP contribution in [0.4, 0.5) is 5.82 Å². The zero-order chi connectivity index (χ0) is 18.4. The molecule has 0 unspecified atom stereocenters. The number of rotatable bonds is 6. The van der Waals surface area contributed by atoms with E-state index in [9.17, 15) is 4.79 Å². The van der Waals surface area contributed by atoms with E-state index >= 15 is 0 Å². The molecule has 2 aromatic rings. The lowest BCUT2D eigenvalue weighted by Gasteiger charge is -2.34. The smallest absolute Gasteiger partial charge is 0.234 e. The van der Waals surface area contributed by atoms with Crippen molar-refractivity contribution >= 4 is 23.3 Å². The molecular formula is C19H23ClN4O2. The molecule has 0 aliphatic carbocycles. The van der Waals surface area contributed by atoms with Crippen molar-refractivity contribution in [1.82, 2.24) is 15.2 Å². The van der Waals surface area contributed by atoms with Crippen LogP contribution in [0.3, 0.4) is 0 Å². The van der Waals surface area contributed by atoms with Gasteiger partial charge in [0.25, 0.3) is 0 Å². The molecule has 7 heteroatoms. The lowest BCUT2D eigenvalue weighted by Crippen LogP contribution is -2.49. The second-order valence-corrected chi connectivity index (χ2v) is 6.56. The van der Waals surface area contributed by atoms with Crippen LogP contribution in [0, 0.1) is 0 Å². The number of anilines is 1. The van der Waals surface area contributed by atoms with Crippen molar-refractivity contribution in [2.24, 2.45) is 0 Å². The molecule has 0 spiro atoms. The van der Waals surface area contributed by atoms with Crippen LogP contribution >= 0.6 is 11.6 Å². The molecule has 0 saturated carbocycles. The van der Waals surface area contributed by atoms with Gasteiger partial charge in [-0.25, -0.2) is 4.98 Å². The molecule has 1 aromatic carbocycles. The molecule has 1 aliphatic heterocycles. The maximum Gasteiger partial charge on any atom is 0.234 e. The molecule has 6 nitrogen and oxygen atoms in total. The van der Waals surface area contributed by atoms with E-state index in [4.69, 9.17) is 16.3 Å². The van der Waals surface area contributed by atoms with E-state index in [-0.39, 0.29) is 5.91 Å². The number of hydrogen-bond acceptors (Lipinski definition) is 5. The predicted octanol–water partition coefficient (Wildman–Crippen LogP) is 2.18. The van der Waals surface area contributed by atoms with Crippen molar-refractivity contribution in [3.8, 4) is 5.75 Å². The fraction of sp³-hybridized carbons (Fsp3) is 0.368. The SMILES string of the molecule is COc1cccc(Cl)c1CNC(=O)CN1CCN(c2ccccn2)CC1. The van der Waals surface area contributed by atoms with Crippen LogP contribution in [0.5, 0.6) is 5.75 Å². The predicted molar refractivity (Wildman–Crippen MR) is 103 cm³/mol. The number of pyridine rings is 1. The fourth-order valence-electron chi connectivity index (χ4n) is 3.02. The Morgan fingerprint density at radius 3 is 2.69 bits per heavy atom. The summed E-state index contributed by atoms with van der Waals surface area (Å²) in [5.41, 5.74) is 0.796. The highest BCUT2D eigenvalue weighted by Crippen LogP contribution is 2.25. The number of aromatic nitrogens is 1. The Kier molecular flexibility index (Phi) is 6.30. The number of carbonyl (C=O) groups is 1. The van der Waals surface area contributed by atoms with Crippen molar-refractivity contribution in [2.45, 2.75) is 6.54 Å². The topological polar surface area (TPSA) is 57.7 Å². The van der Waals surface area contributed by atoms with E-state index in [0.717, 1.165) is 37.6 Å². The third-order valence-electron chi connectivity index (χ3n) is 4.47. The average Bonchev–Trinajstić information content (AvgIpc) is 2.68. The first kappa shape index (κ1) is 18.5. The summed E-state index contributed by atoms with van der Waals surface area (Å²) in [7, 11) is 1.60. The van der Waals surface area contributed by atoms with Gasteiger partial charge in [-0.2, -0.15) is 0 Å². The third-order valence-corrected chi connectivity index (χ3v) is 4.83. The Bertz CT molecular complexity index is 734. The fourth-order valence-corrected chi connectivity index (χ4v) is 3.26. The summed E-state index contributed by atoms with van der Waals surface area (Å²) in [6.07, 6.45) is 1.80. The molecule has 1 saturated heterocycles. The van der Waals surface area contributed by atoms with Gasteiger partial charge in [0, 0.05) is 49.5 Å². The summed E-state index contributed by atoms with van der Waals surface area (Å²) in [6.45, 7) is 4.13. The zero-order valence-corrected chi connectivity index (χ0v) is 15.6. The van der Waals surface area contributed by atoms with E-state index in [1.165, 1.54) is 0 Å². The number of methoxy groups -OCH3 is 1. The minimum atomic E-state index is -0.0155. The van der Waals surface area contributed by atoms with Crippen molar-refractivity contribution in [3.05, 3.63) is 53.2 Å². The standard InChI is InChI=1S/C19H23ClN4O2/c1-26-17-6-4-5-16(20)15(17)13-22-19(25)14-23-9-11-24(12-10-23)18-7-2-3-8-21-18/h2-8H,9-14H2,1H3,(H,22,25). The summed E-state index contributed by atoms with van der Waals surface area (Å²) in [6, 6.07) is 11.4. The Balaban J connectivity index is 1.46. The average molecular weight is 375 g/mol. The maximum absolute atomic E-state index is 12.3. The van der Waals surface area contributed by atoms with Crippen LogP contribution in [-0.4, -0.2) is 55.6 Å². The van der Waals surface area contributed by atoms with Crippen molar-refractivity contribution in [2.75, 3.05) is 44.7 Å². The second kappa shape index (κ2) is 8.87. The molecule has 0 radical (unpaired) electrons. The van der Waals surface area contributed by atoms with E-state index in [1.807, 2.05) is 30.3 Å². The van der Waals surface area contributed by atoms with Crippen molar-refractivity contribution < 1.29 is 9.53 Å². The van der Waals surface area contributed by atoms with Gasteiger partial charge in [0.05, 0.1) is 13.7 Å². The number of halogens is 1. The Morgan fingerprint density at radius 1 is 1.19 bits per heavy atom. The Morgan fingerprint density at radius 2 is 2.00 bits per heavy atom. The maximum atomic E-state index is 12.3. The molecule has 1 aromatic heterocycles. The van der Waals surface area contributed by atoms with Crippen LogP contribution in [0.25, 0.3) is 0 Å². The van der Waals surface area contributed by atoms with Gasteiger partial charge in [-0.15, -0.1) is 0 Å². The molecule has 0 bridgehead atoms. The van der Waals surface area contributed by atoms with Gasteiger partial charge in [-0.3, -0.25) is 9.69 Å². The van der Waals surface area contributed by atoms with Gasteiger partial charge in [0.2, 0.25) is 5.91 Å². The number of piperazine rings is 1. The first-order valence-electron chi connectivity index (χ1n) is 8.64. The first-order valence-corrected chi connectivity index (χ1v) is 9.01. The summed E-state index contributed by atoms with van der Waals surface area (Å²) in [5, 5.41) is 3.53. The number of amides is 1. The number of hydrogen-bond donors (Lipinski definition) is 1. The van der Waals surface area contributed by atoms with E-state index < -0.39 is 0 Å². The highest BCUT2D eigenvalue weighted by atomic mass is 35.5. The van der Waals surface area contributed by atoms with Gasteiger partial charge < -0.3 is 15.0 Å². The van der Waals surface area contributed by atoms with E-state index in [0.29, 0.717) is 23.9 Å². The monoisotopic (exact) mass is 374 g/mol. The number of benzene rings is 1. The summed E-state index contributed by atoms with van der Waals surface area (Å²) < 4.78 is 5.30. The van der Waals surface area contributed by atoms with Gasteiger partial charge in [-0.05, 0) is 24.3 Å². The van der Waals surface area contributed by atoms with E-state index in [1.54, 1.807) is 19.4 Å². The first-order chi connectivity index (χ1) is 12.7. The number of nitrogens with zero attached hydrogens (tertiary/aromatic N) is 3. The lowest BCUT2D eigenvalue weighted by atomic mass is 10.2. The lowest BCUT2D eigenvalue weighted by molar-refractivity contribution is -0.122. The molecule has 26 heavy (non-hydrogen) atoms. The molecule has 2 heterocycles. The second-order valence-electron chi connectivity index (χ2n) is 6.15. The summed E-state index contributed by atoms with van der Waals surface area (Å²) in [4.78, 5) is 21.1. The molecule has 1 aliphatic rings. The van der Waals surface area contributed by atoms with Crippen LogP contribution in [0.1, 0.15) is 5.56 Å². The highest BCUT2D eigenvalue weighted by Gasteiger charge is 2.20. The van der Waals surface area contributed by atoms with Gasteiger partial charge in [-0.1, -0.05) is 23.7 Å². The van der Waals surface area contributed by atoms with Crippen LogP contribution in [0.15, 0.2) is 42.6 Å². The minimum Gasteiger partial charge on any atom is -0.496 e. The molecule has 0 atom stereocenters. The Labute approximate surface area is 158 Å². The molecular weight excluding hydrogens is 352 g/mol. The summed E-state index contributed by atoms with van der Waals surface area (Å²) in [5.74, 6) is 1.66. The molecule has 1 fully saturated rings. The van der Waals surface area contributed by atoms with Crippen molar-refractivity contribution in [1.29, 1.82) is 0 Å². The van der Waals surface area contributed by atoms with E-state index in [2.05, 4.69) is 20.1 Å². The number of carbonyl (C=O) groups excluding carboxylic acids is 1. The normalized spacial score (nSPS) is 14.9. The zero-order valence-electron chi connectivity index (χ0n) is 14.8. The van der Waals surface area contributed by atoms with Crippen LogP contribution in [0.2, 0.25) is 5.02 Å². The third kappa shape index (κ3) is 4.65. The van der Waals surface area contributed by atoms with Crippen LogP contribution in [-0.2, 0) is 11.3 Å². The van der Waals surface area contributed by atoms with Gasteiger partial charge >= 0.3 is 0 Å². The number of ether oxygens (including phenoxy) is 1. The molecule has 138 valence electrons. The molecule has 1 amide bonds. The molecule has 1 N–H and O–H groups in total. The molecule has 3 rings (SSSR count). The van der Waals surface area contributed by atoms with Crippen molar-refractivity contribution in [3.63, 3.8) is 0 Å². The Hall–Kier alpha value is -2.31.